The van der Waals surface area contributed by atoms with E-state index in [1.54, 1.807) is 30.6 Å². The van der Waals surface area contributed by atoms with Crippen molar-refractivity contribution in [2.24, 2.45) is 0 Å². The Hall–Kier alpha value is -2.25. The molecule has 1 unspecified atom stereocenters. The quantitative estimate of drug-likeness (QED) is 0.778. The maximum absolute atomic E-state index is 13.5. The Balaban J connectivity index is 1.48. The standard InChI is InChI=1S/C18H23FN4O2/c1-20-18-17(21-7-8-22-18)16-13-23(10-12-25-16)9-4-11-24-15-6-3-2-5-14(15)19/h2-3,5-8,16H,4,9-13H2,1H3,(H,20,22). The summed E-state index contributed by atoms with van der Waals surface area (Å²) in [5, 5.41) is 3.06. The Kier molecular flexibility index (Phi) is 6.14. The molecule has 25 heavy (non-hydrogen) atoms. The number of ether oxygens (including phenoxy) is 2. The molecule has 1 saturated heterocycles. The number of benzene rings is 1. The molecule has 1 aliphatic heterocycles. The molecule has 1 fully saturated rings. The predicted molar refractivity (Wildman–Crippen MR) is 93.2 cm³/mol. The molecule has 1 N–H and O–H groups in total. The second-order valence-electron chi connectivity index (χ2n) is 5.83. The van der Waals surface area contributed by atoms with Crippen molar-refractivity contribution in [1.29, 1.82) is 0 Å². The number of hydrogen-bond acceptors (Lipinski definition) is 6. The highest BCUT2D eigenvalue weighted by molar-refractivity contribution is 5.40. The van der Waals surface area contributed by atoms with E-state index in [-0.39, 0.29) is 11.9 Å². The van der Waals surface area contributed by atoms with Crippen LogP contribution in [0.25, 0.3) is 0 Å². The predicted octanol–water partition coefficient (Wildman–Crippen LogP) is 2.50. The molecule has 7 heteroatoms. The lowest BCUT2D eigenvalue weighted by Gasteiger charge is -2.32. The van der Waals surface area contributed by atoms with E-state index in [0.717, 1.165) is 37.6 Å². The Morgan fingerprint density at radius 2 is 2.16 bits per heavy atom. The molecule has 0 bridgehead atoms. The summed E-state index contributed by atoms with van der Waals surface area (Å²) in [6.45, 7) is 3.62. The van der Waals surface area contributed by atoms with Crippen molar-refractivity contribution >= 4 is 5.82 Å². The van der Waals surface area contributed by atoms with Gasteiger partial charge in [-0.1, -0.05) is 12.1 Å². The maximum Gasteiger partial charge on any atom is 0.165 e. The lowest BCUT2D eigenvalue weighted by molar-refractivity contribution is -0.0328. The van der Waals surface area contributed by atoms with E-state index < -0.39 is 0 Å². The van der Waals surface area contributed by atoms with Crippen molar-refractivity contribution in [3.63, 3.8) is 0 Å². The minimum absolute atomic E-state index is 0.0996. The number of halogens is 1. The molecule has 0 amide bonds. The monoisotopic (exact) mass is 346 g/mol. The fraction of sp³-hybridized carbons (Fsp3) is 0.444. The lowest BCUT2D eigenvalue weighted by Crippen LogP contribution is -2.39. The molecule has 1 aromatic carbocycles. The van der Waals surface area contributed by atoms with Crippen LogP contribution in [0, 0.1) is 5.82 Å². The fourth-order valence-electron chi connectivity index (χ4n) is 2.88. The average Bonchev–Trinajstić information content (AvgIpc) is 2.67. The van der Waals surface area contributed by atoms with Crippen LogP contribution < -0.4 is 10.1 Å². The van der Waals surface area contributed by atoms with Crippen LogP contribution in [0.5, 0.6) is 5.75 Å². The first-order chi connectivity index (χ1) is 12.3. The molecule has 0 radical (unpaired) electrons. The first-order valence-corrected chi connectivity index (χ1v) is 8.48. The topological polar surface area (TPSA) is 59.5 Å². The number of aromatic nitrogens is 2. The summed E-state index contributed by atoms with van der Waals surface area (Å²) in [4.78, 5) is 11.0. The summed E-state index contributed by atoms with van der Waals surface area (Å²) in [6, 6.07) is 6.47. The van der Waals surface area contributed by atoms with E-state index >= 15 is 0 Å². The van der Waals surface area contributed by atoms with E-state index in [2.05, 4.69) is 20.2 Å². The van der Waals surface area contributed by atoms with Gasteiger partial charge in [0.1, 0.15) is 17.6 Å². The Morgan fingerprint density at radius 3 is 3.00 bits per heavy atom. The zero-order valence-electron chi connectivity index (χ0n) is 14.3. The van der Waals surface area contributed by atoms with E-state index in [0.29, 0.717) is 19.0 Å². The normalized spacial score (nSPS) is 18.1. The van der Waals surface area contributed by atoms with Crippen molar-refractivity contribution in [3.8, 4) is 5.75 Å². The minimum atomic E-state index is -0.323. The van der Waals surface area contributed by atoms with Crippen LogP contribution >= 0.6 is 0 Å². The molecule has 134 valence electrons. The van der Waals surface area contributed by atoms with E-state index in [1.807, 2.05) is 7.05 Å². The van der Waals surface area contributed by atoms with Crippen LogP contribution in [0.3, 0.4) is 0 Å². The van der Waals surface area contributed by atoms with Gasteiger partial charge in [-0.25, -0.2) is 9.37 Å². The van der Waals surface area contributed by atoms with Gasteiger partial charge in [-0.2, -0.15) is 0 Å². The van der Waals surface area contributed by atoms with Gasteiger partial charge in [0.25, 0.3) is 0 Å². The van der Waals surface area contributed by atoms with Gasteiger partial charge in [-0.05, 0) is 18.6 Å². The van der Waals surface area contributed by atoms with Crippen LogP contribution in [0.4, 0.5) is 10.2 Å². The number of hydrogen-bond donors (Lipinski definition) is 1. The van der Waals surface area contributed by atoms with E-state index in [4.69, 9.17) is 9.47 Å². The van der Waals surface area contributed by atoms with Crippen LogP contribution in [0.15, 0.2) is 36.7 Å². The highest BCUT2D eigenvalue weighted by Gasteiger charge is 2.25. The number of nitrogens with zero attached hydrogens (tertiary/aromatic N) is 3. The third kappa shape index (κ3) is 4.64. The van der Waals surface area contributed by atoms with Crippen molar-refractivity contribution in [3.05, 3.63) is 48.2 Å². The SMILES string of the molecule is CNc1nccnc1C1CN(CCCOc2ccccc2F)CCO1. The van der Waals surface area contributed by atoms with Crippen LogP contribution in [-0.4, -0.2) is 54.8 Å². The Morgan fingerprint density at radius 1 is 1.32 bits per heavy atom. The first-order valence-electron chi connectivity index (χ1n) is 8.48. The minimum Gasteiger partial charge on any atom is -0.490 e. The zero-order valence-corrected chi connectivity index (χ0v) is 14.3. The van der Waals surface area contributed by atoms with E-state index in [9.17, 15) is 4.39 Å². The summed E-state index contributed by atoms with van der Waals surface area (Å²) in [6.07, 6.45) is 4.06. The van der Waals surface area contributed by atoms with Gasteiger partial charge in [0.15, 0.2) is 11.6 Å². The van der Waals surface area contributed by atoms with Crippen LogP contribution in [0.1, 0.15) is 18.2 Å². The molecule has 3 rings (SSSR count). The summed E-state index contributed by atoms with van der Waals surface area (Å²) >= 11 is 0. The van der Waals surface area contributed by atoms with Crippen molar-refractivity contribution in [2.45, 2.75) is 12.5 Å². The summed E-state index contributed by atoms with van der Waals surface area (Å²) < 4.78 is 24.9. The van der Waals surface area contributed by atoms with Gasteiger partial charge in [0, 0.05) is 39.1 Å². The highest BCUT2D eigenvalue weighted by atomic mass is 19.1. The second-order valence-corrected chi connectivity index (χ2v) is 5.83. The molecule has 1 aliphatic rings. The Bertz CT molecular complexity index is 686. The molecule has 2 aromatic rings. The van der Waals surface area contributed by atoms with Gasteiger partial charge in [-0.15, -0.1) is 0 Å². The third-order valence-electron chi connectivity index (χ3n) is 4.13. The van der Waals surface area contributed by atoms with Crippen molar-refractivity contribution < 1.29 is 13.9 Å². The molecule has 0 saturated carbocycles. The van der Waals surface area contributed by atoms with Crippen molar-refractivity contribution in [1.82, 2.24) is 14.9 Å². The molecule has 6 nitrogen and oxygen atoms in total. The number of nitrogens with one attached hydrogen (secondary N) is 1. The maximum atomic E-state index is 13.5. The highest BCUT2D eigenvalue weighted by Crippen LogP contribution is 2.25. The van der Waals surface area contributed by atoms with Crippen LogP contribution in [-0.2, 0) is 4.74 Å². The number of morpholine rings is 1. The number of rotatable bonds is 7. The summed E-state index contributed by atoms with van der Waals surface area (Å²) in [7, 11) is 1.83. The lowest BCUT2D eigenvalue weighted by atomic mass is 10.2. The summed E-state index contributed by atoms with van der Waals surface area (Å²) in [5.41, 5.74) is 0.831. The smallest absolute Gasteiger partial charge is 0.165 e. The first kappa shape index (κ1) is 17.6. The van der Waals surface area contributed by atoms with Gasteiger partial charge >= 0.3 is 0 Å². The van der Waals surface area contributed by atoms with E-state index in [1.165, 1.54) is 6.07 Å². The number of anilines is 1. The van der Waals surface area contributed by atoms with Gasteiger partial charge in [0.2, 0.25) is 0 Å². The Labute approximate surface area is 147 Å². The molecule has 0 spiro atoms. The van der Waals surface area contributed by atoms with Crippen molar-refractivity contribution in [2.75, 3.05) is 45.2 Å². The average molecular weight is 346 g/mol. The van der Waals surface area contributed by atoms with Crippen LogP contribution in [0.2, 0.25) is 0 Å². The molecule has 2 heterocycles. The molecular weight excluding hydrogens is 323 g/mol. The second kappa shape index (κ2) is 8.73. The number of para-hydroxylation sites is 1. The fourth-order valence-corrected chi connectivity index (χ4v) is 2.88. The largest absolute Gasteiger partial charge is 0.490 e. The third-order valence-corrected chi connectivity index (χ3v) is 4.13. The zero-order chi connectivity index (χ0) is 17.5. The molecule has 1 atom stereocenters. The van der Waals surface area contributed by atoms with Gasteiger partial charge in [-0.3, -0.25) is 9.88 Å². The summed E-state index contributed by atoms with van der Waals surface area (Å²) in [5.74, 6) is 0.731. The van der Waals surface area contributed by atoms with Gasteiger partial charge < -0.3 is 14.8 Å². The molecule has 0 aliphatic carbocycles. The van der Waals surface area contributed by atoms with Gasteiger partial charge in [0.05, 0.1) is 13.2 Å². The molecular formula is C18H23FN4O2. The molecule has 1 aromatic heterocycles.